The van der Waals surface area contributed by atoms with E-state index >= 15 is 0 Å². The van der Waals surface area contributed by atoms with Crippen LogP contribution in [0.3, 0.4) is 0 Å². The van der Waals surface area contributed by atoms with E-state index in [0.29, 0.717) is 17.8 Å². The fourth-order valence-corrected chi connectivity index (χ4v) is 5.93. The van der Waals surface area contributed by atoms with Crippen molar-refractivity contribution < 1.29 is 14.4 Å². The minimum Gasteiger partial charge on any atom is -0.352 e. The van der Waals surface area contributed by atoms with Gasteiger partial charge < -0.3 is 15.5 Å². The Bertz CT molecular complexity index is 874. The smallest absolute Gasteiger partial charge is 0.262 e. The van der Waals surface area contributed by atoms with Crippen molar-refractivity contribution in [2.45, 2.75) is 69.5 Å². The third-order valence-corrected chi connectivity index (χ3v) is 7.92. The zero-order valence-electron chi connectivity index (χ0n) is 19.2. The first-order valence-electron chi connectivity index (χ1n) is 12.3. The molecule has 1 unspecified atom stereocenters. The Kier molecular flexibility index (Phi) is 8.42. The fourth-order valence-electron chi connectivity index (χ4n) is 4.81. The maximum atomic E-state index is 12.5. The lowest BCUT2D eigenvalue weighted by Gasteiger charge is -2.27. The van der Waals surface area contributed by atoms with Crippen LogP contribution in [0.1, 0.15) is 74.6 Å². The number of thioether (sulfide) groups is 1. The van der Waals surface area contributed by atoms with Crippen LogP contribution in [0, 0.1) is 5.92 Å². The molecule has 178 valence electrons. The van der Waals surface area contributed by atoms with E-state index in [1.165, 1.54) is 50.3 Å². The van der Waals surface area contributed by atoms with E-state index < -0.39 is 5.25 Å². The minimum atomic E-state index is -0.462. The first kappa shape index (κ1) is 23.8. The SMILES string of the molecule is O=C(CC1SC(N2CCCCC2)=NC1=O)Nc1ccc(C(=O)NCCCC2CCCC2)cc1. The number of likely N-dealkylation sites (tertiary alicyclic amines) is 1. The van der Waals surface area contributed by atoms with E-state index in [1.54, 1.807) is 24.3 Å². The van der Waals surface area contributed by atoms with Gasteiger partial charge in [-0.05, 0) is 62.3 Å². The molecule has 3 amide bonds. The number of nitrogens with one attached hydrogen (secondary N) is 2. The molecule has 1 aliphatic carbocycles. The summed E-state index contributed by atoms with van der Waals surface area (Å²) < 4.78 is 0. The van der Waals surface area contributed by atoms with Crippen molar-refractivity contribution in [1.29, 1.82) is 0 Å². The lowest BCUT2D eigenvalue weighted by atomic mass is 10.0. The Morgan fingerprint density at radius 2 is 1.76 bits per heavy atom. The van der Waals surface area contributed by atoms with Gasteiger partial charge in [-0.1, -0.05) is 37.4 Å². The third kappa shape index (κ3) is 6.82. The van der Waals surface area contributed by atoms with Crippen molar-refractivity contribution in [3.8, 4) is 0 Å². The van der Waals surface area contributed by atoms with E-state index in [9.17, 15) is 14.4 Å². The van der Waals surface area contributed by atoms with Gasteiger partial charge in [0.25, 0.3) is 11.8 Å². The molecule has 7 nitrogen and oxygen atoms in total. The average molecular weight is 471 g/mol. The summed E-state index contributed by atoms with van der Waals surface area (Å²) >= 11 is 1.40. The summed E-state index contributed by atoms with van der Waals surface area (Å²) in [4.78, 5) is 43.4. The van der Waals surface area contributed by atoms with Gasteiger partial charge in [-0.2, -0.15) is 4.99 Å². The summed E-state index contributed by atoms with van der Waals surface area (Å²) in [6.45, 7) is 2.55. The second-order valence-corrected chi connectivity index (χ2v) is 10.4. The van der Waals surface area contributed by atoms with Crippen molar-refractivity contribution in [2.75, 3.05) is 25.0 Å². The van der Waals surface area contributed by atoms with Crippen LogP contribution < -0.4 is 10.6 Å². The van der Waals surface area contributed by atoms with Gasteiger partial charge in [0, 0.05) is 37.3 Å². The number of amidine groups is 1. The molecule has 2 N–H and O–H groups in total. The molecule has 1 saturated heterocycles. The highest BCUT2D eigenvalue weighted by molar-refractivity contribution is 8.15. The lowest BCUT2D eigenvalue weighted by molar-refractivity contribution is -0.121. The molecule has 2 heterocycles. The Morgan fingerprint density at radius 3 is 2.48 bits per heavy atom. The zero-order chi connectivity index (χ0) is 23.0. The Balaban J connectivity index is 1.18. The number of rotatable bonds is 8. The molecule has 8 heteroatoms. The van der Waals surface area contributed by atoms with Gasteiger partial charge in [0.15, 0.2) is 5.17 Å². The second kappa shape index (κ2) is 11.7. The predicted octanol–water partition coefficient (Wildman–Crippen LogP) is 4.20. The first-order valence-corrected chi connectivity index (χ1v) is 13.2. The van der Waals surface area contributed by atoms with Crippen LogP contribution in [0.25, 0.3) is 0 Å². The van der Waals surface area contributed by atoms with Gasteiger partial charge >= 0.3 is 0 Å². The van der Waals surface area contributed by atoms with Crippen molar-refractivity contribution in [3.63, 3.8) is 0 Å². The topological polar surface area (TPSA) is 90.9 Å². The molecule has 1 atom stereocenters. The number of hydrogen-bond donors (Lipinski definition) is 2. The van der Waals surface area contributed by atoms with Crippen LogP contribution in [-0.2, 0) is 9.59 Å². The highest BCUT2D eigenvalue weighted by Gasteiger charge is 2.33. The van der Waals surface area contributed by atoms with Crippen molar-refractivity contribution in [1.82, 2.24) is 10.2 Å². The number of piperidine rings is 1. The van der Waals surface area contributed by atoms with Gasteiger partial charge in [0.05, 0.1) is 0 Å². The number of carbonyl (C=O) groups is 3. The monoisotopic (exact) mass is 470 g/mol. The molecular formula is C25H34N4O3S. The van der Waals surface area contributed by atoms with E-state index in [4.69, 9.17) is 0 Å². The normalized spacial score (nSPS) is 21.2. The predicted molar refractivity (Wildman–Crippen MR) is 132 cm³/mol. The van der Waals surface area contributed by atoms with E-state index in [2.05, 4.69) is 20.5 Å². The molecule has 0 radical (unpaired) electrons. The minimum absolute atomic E-state index is 0.0883. The molecule has 2 fully saturated rings. The Hall–Kier alpha value is -2.35. The van der Waals surface area contributed by atoms with Crippen molar-refractivity contribution in [2.24, 2.45) is 10.9 Å². The van der Waals surface area contributed by atoms with Gasteiger partial charge in [-0.25, -0.2) is 0 Å². The highest BCUT2D eigenvalue weighted by Crippen LogP contribution is 2.29. The number of amides is 3. The number of benzene rings is 1. The molecule has 0 aromatic heterocycles. The highest BCUT2D eigenvalue weighted by atomic mass is 32.2. The molecule has 4 rings (SSSR count). The summed E-state index contributed by atoms with van der Waals surface area (Å²) in [6.07, 6.45) is 11.1. The number of anilines is 1. The molecule has 1 saturated carbocycles. The first-order chi connectivity index (χ1) is 16.1. The molecule has 2 aliphatic heterocycles. The Labute approximate surface area is 200 Å². The van der Waals surface area contributed by atoms with Gasteiger partial charge in [-0.15, -0.1) is 0 Å². The number of carbonyl (C=O) groups excluding carboxylic acids is 3. The van der Waals surface area contributed by atoms with Crippen LogP contribution in [0.15, 0.2) is 29.3 Å². The van der Waals surface area contributed by atoms with E-state index in [-0.39, 0.29) is 24.1 Å². The quantitative estimate of drug-likeness (QED) is 0.556. The molecule has 0 spiro atoms. The molecular weight excluding hydrogens is 436 g/mol. The maximum absolute atomic E-state index is 12.5. The van der Waals surface area contributed by atoms with Gasteiger partial charge in [0.1, 0.15) is 5.25 Å². The summed E-state index contributed by atoms with van der Waals surface area (Å²) in [5.41, 5.74) is 1.19. The molecule has 3 aliphatic rings. The maximum Gasteiger partial charge on any atom is 0.262 e. The standard InChI is InChI=1S/C25H34N4O3S/c30-22(17-21-24(32)28-25(33-21)29-15-4-1-5-16-29)27-20-12-10-19(11-13-20)23(31)26-14-6-9-18-7-2-3-8-18/h10-13,18,21H,1-9,14-17H2,(H,26,31)(H,27,30). The van der Waals surface area contributed by atoms with Crippen molar-refractivity contribution in [3.05, 3.63) is 29.8 Å². The summed E-state index contributed by atoms with van der Waals surface area (Å²) in [5.74, 6) is 0.302. The third-order valence-electron chi connectivity index (χ3n) is 6.71. The van der Waals surface area contributed by atoms with Gasteiger partial charge in [0.2, 0.25) is 5.91 Å². The zero-order valence-corrected chi connectivity index (χ0v) is 20.0. The van der Waals surface area contributed by atoms with Crippen LogP contribution in [0.2, 0.25) is 0 Å². The molecule has 0 bridgehead atoms. The molecule has 33 heavy (non-hydrogen) atoms. The van der Waals surface area contributed by atoms with E-state index in [1.807, 2.05) is 0 Å². The van der Waals surface area contributed by atoms with Crippen LogP contribution in [-0.4, -0.2) is 52.7 Å². The molecule has 1 aromatic rings. The largest absolute Gasteiger partial charge is 0.352 e. The number of nitrogens with zero attached hydrogens (tertiary/aromatic N) is 2. The summed E-state index contributed by atoms with van der Waals surface area (Å²) in [6, 6.07) is 6.89. The number of aliphatic imine (C=N–C) groups is 1. The summed E-state index contributed by atoms with van der Waals surface area (Å²) in [7, 11) is 0. The Morgan fingerprint density at radius 1 is 1.03 bits per heavy atom. The average Bonchev–Trinajstić information content (AvgIpc) is 3.47. The lowest BCUT2D eigenvalue weighted by Crippen LogP contribution is -2.33. The molecule has 1 aromatic carbocycles. The van der Waals surface area contributed by atoms with Gasteiger partial charge in [-0.3, -0.25) is 14.4 Å². The van der Waals surface area contributed by atoms with Crippen LogP contribution in [0.5, 0.6) is 0 Å². The fraction of sp³-hybridized carbons (Fsp3) is 0.600. The number of hydrogen-bond acceptors (Lipinski definition) is 5. The van der Waals surface area contributed by atoms with Crippen molar-refractivity contribution >= 4 is 40.3 Å². The van der Waals surface area contributed by atoms with E-state index in [0.717, 1.165) is 43.4 Å². The summed E-state index contributed by atoms with van der Waals surface area (Å²) in [5, 5.41) is 6.12. The second-order valence-electron chi connectivity index (χ2n) is 9.27. The van der Waals surface area contributed by atoms with Crippen LogP contribution >= 0.6 is 11.8 Å². The van der Waals surface area contributed by atoms with Crippen LogP contribution in [0.4, 0.5) is 5.69 Å².